The van der Waals surface area contributed by atoms with Gasteiger partial charge in [-0.2, -0.15) is 4.98 Å². The van der Waals surface area contributed by atoms with E-state index >= 15 is 0 Å². The number of aryl methyl sites for hydroxylation is 1. The smallest absolute Gasteiger partial charge is 0.238 e. The van der Waals surface area contributed by atoms with Gasteiger partial charge >= 0.3 is 0 Å². The fraction of sp³-hybridized carbons (Fsp3) is 0.308. The molecule has 2 aromatic rings. The van der Waals surface area contributed by atoms with E-state index in [1.807, 2.05) is 31.0 Å². The molecular weight excluding hydrogens is 230 g/mol. The van der Waals surface area contributed by atoms with Gasteiger partial charge in [0, 0.05) is 19.2 Å². The van der Waals surface area contributed by atoms with Gasteiger partial charge in [-0.1, -0.05) is 0 Å². The van der Waals surface area contributed by atoms with E-state index in [1.165, 1.54) is 0 Å². The number of hydrogen-bond acceptors (Lipinski definition) is 5. The first-order chi connectivity index (χ1) is 8.61. The monoisotopic (exact) mass is 247 g/mol. The van der Waals surface area contributed by atoms with Crippen molar-refractivity contribution in [2.75, 3.05) is 24.8 Å². The Balaban J connectivity index is 2.18. The highest BCUT2D eigenvalue weighted by Crippen LogP contribution is 2.23. The number of anilines is 2. The summed E-state index contributed by atoms with van der Waals surface area (Å²) >= 11 is 0. The SMILES string of the molecule is COc1nc(N(C)Cc2ccoc2C)ccc1N. The largest absolute Gasteiger partial charge is 0.479 e. The Morgan fingerprint density at radius 3 is 2.78 bits per heavy atom. The summed E-state index contributed by atoms with van der Waals surface area (Å²) < 4.78 is 10.4. The van der Waals surface area contributed by atoms with Gasteiger partial charge in [0.2, 0.25) is 5.88 Å². The van der Waals surface area contributed by atoms with Gasteiger partial charge in [0.05, 0.1) is 19.1 Å². The maximum Gasteiger partial charge on any atom is 0.238 e. The normalized spacial score (nSPS) is 10.4. The van der Waals surface area contributed by atoms with Crippen LogP contribution in [0.25, 0.3) is 0 Å². The second kappa shape index (κ2) is 5.00. The summed E-state index contributed by atoms with van der Waals surface area (Å²) in [5.74, 6) is 2.18. The van der Waals surface area contributed by atoms with Crippen molar-refractivity contribution in [1.29, 1.82) is 0 Å². The molecule has 0 fully saturated rings. The van der Waals surface area contributed by atoms with Crippen LogP contribution in [0.5, 0.6) is 5.88 Å². The predicted molar refractivity (Wildman–Crippen MR) is 70.8 cm³/mol. The molecule has 2 aromatic heterocycles. The minimum Gasteiger partial charge on any atom is -0.479 e. The molecule has 0 aliphatic heterocycles. The van der Waals surface area contributed by atoms with Crippen LogP contribution in [-0.4, -0.2) is 19.1 Å². The summed E-state index contributed by atoms with van der Waals surface area (Å²) in [5, 5.41) is 0. The summed E-state index contributed by atoms with van der Waals surface area (Å²) in [6.07, 6.45) is 1.69. The molecule has 0 aromatic carbocycles. The summed E-state index contributed by atoms with van der Waals surface area (Å²) in [6, 6.07) is 5.62. The molecular formula is C13H17N3O2. The van der Waals surface area contributed by atoms with Gasteiger partial charge in [0.15, 0.2) is 0 Å². The molecule has 5 nitrogen and oxygen atoms in total. The van der Waals surface area contributed by atoms with Gasteiger partial charge in [-0.3, -0.25) is 0 Å². The molecule has 18 heavy (non-hydrogen) atoms. The first-order valence-electron chi connectivity index (χ1n) is 5.66. The first-order valence-corrected chi connectivity index (χ1v) is 5.66. The molecule has 0 aliphatic carbocycles. The van der Waals surface area contributed by atoms with Crippen LogP contribution in [0.1, 0.15) is 11.3 Å². The van der Waals surface area contributed by atoms with Crippen LogP contribution in [0.2, 0.25) is 0 Å². The molecule has 0 unspecified atom stereocenters. The third-order valence-corrected chi connectivity index (χ3v) is 2.83. The van der Waals surface area contributed by atoms with Crippen molar-refractivity contribution in [3.05, 3.63) is 35.8 Å². The van der Waals surface area contributed by atoms with E-state index in [1.54, 1.807) is 19.4 Å². The number of rotatable bonds is 4. The van der Waals surface area contributed by atoms with Crippen molar-refractivity contribution >= 4 is 11.5 Å². The second-order valence-corrected chi connectivity index (χ2v) is 4.13. The summed E-state index contributed by atoms with van der Waals surface area (Å²) in [5.41, 5.74) is 7.41. The lowest BCUT2D eigenvalue weighted by Crippen LogP contribution is -2.18. The molecule has 0 aliphatic rings. The number of ether oxygens (including phenoxy) is 1. The molecule has 0 amide bonds. The summed E-state index contributed by atoms with van der Waals surface area (Å²) in [6.45, 7) is 2.67. The number of aromatic nitrogens is 1. The van der Waals surface area contributed by atoms with Crippen LogP contribution < -0.4 is 15.4 Å². The molecule has 0 spiro atoms. The number of hydrogen-bond donors (Lipinski definition) is 1. The summed E-state index contributed by atoms with van der Waals surface area (Å²) in [4.78, 5) is 6.36. The van der Waals surface area contributed by atoms with Crippen molar-refractivity contribution < 1.29 is 9.15 Å². The topological polar surface area (TPSA) is 64.5 Å². The molecule has 5 heteroatoms. The van der Waals surface area contributed by atoms with Crippen molar-refractivity contribution in [3.8, 4) is 5.88 Å². The Labute approximate surface area is 106 Å². The zero-order valence-electron chi connectivity index (χ0n) is 10.8. The Hall–Kier alpha value is -2.17. The van der Waals surface area contributed by atoms with Gasteiger partial charge in [0.1, 0.15) is 11.6 Å². The van der Waals surface area contributed by atoms with Gasteiger partial charge in [-0.05, 0) is 25.1 Å². The number of nitrogen functional groups attached to an aromatic ring is 1. The zero-order chi connectivity index (χ0) is 13.1. The highest BCUT2D eigenvalue weighted by molar-refractivity contribution is 5.54. The van der Waals surface area contributed by atoms with Crippen LogP contribution in [0.3, 0.4) is 0 Å². The highest BCUT2D eigenvalue weighted by atomic mass is 16.5. The minimum absolute atomic E-state index is 0.447. The minimum atomic E-state index is 0.447. The van der Waals surface area contributed by atoms with Crippen molar-refractivity contribution in [2.45, 2.75) is 13.5 Å². The van der Waals surface area contributed by atoms with Crippen LogP contribution in [0.4, 0.5) is 11.5 Å². The molecule has 2 heterocycles. The van der Waals surface area contributed by atoms with E-state index in [0.29, 0.717) is 11.6 Å². The average Bonchev–Trinajstić information content (AvgIpc) is 2.75. The van der Waals surface area contributed by atoms with Gasteiger partial charge in [-0.25, -0.2) is 0 Å². The van der Waals surface area contributed by atoms with Gasteiger partial charge < -0.3 is 19.8 Å². The quantitative estimate of drug-likeness (QED) is 0.897. The van der Waals surface area contributed by atoms with Crippen molar-refractivity contribution in [2.24, 2.45) is 0 Å². The van der Waals surface area contributed by atoms with E-state index in [4.69, 9.17) is 14.9 Å². The number of nitrogens with two attached hydrogens (primary N) is 1. The molecule has 0 bridgehead atoms. The molecule has 2 rings (SSSR count). The Morgan fingerprint density at radius 1 is 1.39 bits per heavy atom. The van der Waals surface area contributed by atoms with Crippen LogP contribution in [-0.2, 0) is 6.54 Å². The van der Waals surface area contributed by atoms with Crippen LogP contribution >= 0.6 is 0 Å². The van der Waals surface area contributed by atoms with Crippen molar-refractivity contribution in [1.82, 2.24) is 4.98 Å². The predicted octanol–water partition coefficient (Wildman–Crippen LogP) is 2.21. The molecule has 0 atom stereocenters. The molecule has 0 saturated carbocycles. The fourth-order valence-electron chi connectivity index (χ4n) is 1.73. The third-order valence-electron chi connectivity index (χ3n) is 2.83. The van der Waals surface area contributed by atoms with E-state index in [-0.39, 0.29) is 0 Å². The lowest BCUT2D eigenvalue weighted by Gasteiger charge is -2.18. The van der Waals surface area contributed by atoms with Crippen LogP contribution in [0, 0.1) is 6.92 Å². The number of methoxy groups -OCH3 is 1. The standard InChI is InChI=1S/C13H17N3O2/c1-9-10(6-7-18-9)8-16(2)12-5-4-11(14)13(15-12)17-3/h4-7H,8,14H2,1-3H3. The van der Waals surface area contributed by atoms with E-state index in [2.05, 4.69) is 4.98 Å². The van der Waals surface area contributed by atoms with E-state index < -0.39 is 0 Å². The second-order valence-electron chi connectivity index (χ2n) is 4.13. The van der Waals surface area contributed by atoms with E-state index in [9.17, 15) is 0 Å². The van der Waals surface area contributed by atoms with Crippen molar-refractivity contribution in [3.63, 3.8) is 0 Å². The molecule has 0 radical (unpaired) electrons. The van der Waals surface area contributed by atoms with E-state index in [0.717, 1.165) is 23.7 Å². The number of pyridine rings is 1. The fourth-order valence-corrected chi connectivity index (χ4v) is 1.73. The zero-order valence-corrected chi connectivity index (χ0v) is 10.8. The Kier molecular flexibility index (Phi) is 3.41. The van der Waals surface area contributed by atoms with Gasteiger partial charge in [0.25, 0.3) is 0 Å². The summed E-state index contributed by atoms with van der Waals surface area (Å²) in [7, 11) is 3.52. The number of furan rings is 1. The lowest BCUT2D eigenvalue weighted by atomic mass is 10.2. The molecule has 2 N–H and O–H groups in total. The number of nitrogens with zero attached hydrogens (tertiary/aromatic N) is 2. The maximum atomic E-state index is 5.74. The molecule has 96 valence electrons. The Bertz CT molecular complexity index is 537. The lowest BCUT2D eigenvalue weighted by molar-refractivity contribution is 0.400. The van der Waals surface area contributed by atoms with Gasteiger partial charge in [-0.15, -0.1) is 0 Å². The third kappa shape index (κ3) is 2.40. The highest BCUT2D eigenvalue weighted by Gasteiger charge is 2.10. The molecule has 0 saturated heterocycles. The van der Waals surface area contributed by atoms with Crippen LogP contribution in [0.15, 0.2) is 28.9 Å². The first kappa shape index (κ1) is 12.3. The average molecular weight is 247 g/mol. The maximum absolute atomic E-state index is 5.74. The Morgan fingerprint density at radius 2 is 2.17 bits per heavy atom.